The monoisotopic (exact) mass is 272 g/mol. The van der Waals surface area contributed by atoms with E-state index in [4.69, 9.17) is 9.84 Å². The molecule has 2 fully saturated rings. The molecule has 0 aromatic rings. The summed E-state index contributed by atoms with van der Waals surface area (Å²) in [5.74, 6) is -0.828. The number of hydrogen-bond acceptors (Lipinski definition) is 5. The summed E-state index contributed by atoms with van der Waals surface area (Å²) in [6, 6.07) is -0.114. The Kier molecular flexibility index (Phi) is 4.94. The van der Waals surface area contributed by atoms with Gasteiger partial charge in [-0.1, -0.05) is 0 Å². The van der Waals surface area contributed by atoms with Crippen LogP contribution in [0.4, 0.5) is 4.79 Å². The third-order valence-electron chi connectivity index (χ3n) is 3.28. The third kappa shape index (κ3) is 4.34. The van der Waals surface area contributed by atoms with Crippen LogP contribution in [-0.4, -0.2) is 90.9 Å². The summed E-state index contributed by atoms with van der Waals surface area (Å²) in [5.41, 5.74) is 2.85. The number of rotatable bonds is 3. The summed E-state index contributed by atoms with van der Waals surface area (Å²) < 4.78 is 5.21. The molecule has 0 unspecified atom stereocenters. The van der Waals surface area contributed by atoms with Crippen LogP contribution in [0, 0.1) is 0 Å². The highest BCUT2D eigenvalue weighted by Gasteiger charge is 2.23. The number of hydrazine groups is 1. The number of nitrogens with zero attached hydrogens (tertiary/aromatic N) is 3. The summed E-state index contributed by atoms with van der Waals surface area (Å²) in [4.78, 5) is 26.1. The van der Waals surface area contributed by atoms with Crippen LogP contribution < -0.4 is 5.43 Å². The van der Waals surface area contributed by atoms with E-state index >= 15 is 0 Å². The van der Waals surface area contributed by atoms with Gasteiger partial charge in [-0.05, 0) is 0 Å². The second-order valence-electron chi connectivity index (χ2n) is 4.67. The van der Waals surface area contributed by atoms with Crippen LogP contribution in [-0.2, 0) is 9.53 Å². The summed E-state index contributed by atoms with van der Waals surface area (Å²) >= 11 is 0. The molecule has 0 spiro atoms. The maximum Gasteiger partial charge on any atom is 0.332 e. The number of ether oxygens (including phenoxy) is 1. The zero-order valence-corrected chi connectivity index (χ0v) is 10.9. The van der Waals surface area contributed by atoms with Crippen molar-refractivity contribution >= 4 is 12.0 Å². The lowest BCUT2D eigenvalue weighted by Crippen LogP contribution is -2.57. The van der Waals surface area contributed by atoms with Crippen molar-refractivity contribution in [2.24, 2.45) is 0 Å². The molecule has 0 radical (unpaired) electrons. The molecule has 2 saturated heterocycles. The van der Waals surface area contributed by atoms with Crippen molar-refractivity contribution < 1.29 is 19.4 Å². The molecule has 0 saturated carbocycles. The second kappa shape index (κ2) is 6.69. The second-order valence-corrected chi connectivity index (χ2v) is 4.67. The fourth-order valence-corrected chi connectivity index (χ4v) is 2.18. The molecular formula is C11H20N4O4. The highest BCUT2D eigenvalue weighted by Crippen LogP contribution is 2.02. The van der Waals surface area contributed by atoms with Crippen LogP contribution in [0.1, 0.15) is 0 Å². The van der Waals surface area contributed by atoms with Gasteiger partial charge in [0.05, 0.1) is 19.8 Å². The number of carbonyl (C=O) groups is 2. The van der Waals surface area contributed by atoms with Crippen molar-refractivity contribution in [3.8, 4) is 0 Å². The molecular weight excluding hydrogens is 252 g/mol. The van der Waals surface area contributed by atoms with Crippen molar-refractivity contribution in [1.82, 2.24) is 20.2 Å². The third-order valence-corrected chi connectivity index (χ3v) is 3.28. The van der Waals surface area contributed by atoms with E-state index in [-0.39, 0.29) is 12.6 Å². The zero-order valence-electron chi connectivity index (χ0n) is 10.9. The van der Waals surface area contributed by atoms with Gasteiger partial charge in [0.25, 0.3) is 0 Å². The normalized spacial score (nSPS) is 22.2. The van der Waals surface area contributed by atoms with Gasteiger partial charge in [-0.3, -0.25) is 15.1 Å². The maximum absolute atomic E-state index is 12.0. The standard InChI is InChI=1S/C11H20N4O4/c16-10(17)9-13-1-3-14(4-2-13)11(18)12-15-5-7-19-8-6-15/h1-9H2,(H,12,18)(H,16,17). The van der Waals surface area contributed by atoms with Crippen LogP contribution >= 0.6 is 0 Å². The van der Waals surface area contributed by atoms with Crippen LogP contribution in [0.15, 0.2) is 0 Å². The Morgan fingerprint density at radius 3 is 2.26 bits per heavy atom. The minimum Gasteiger partial charge on any atom is -0.480 e. The van der Waals surface area contributed by atoms with Gasteiger partial charge in [-0.2, -0.15) is 0 Å². The number of carbonyl (C=O) groups excluding carboxylic acids is 1. The van der Waals surface area contributed by atoms with E-state index in [2.05, 4.69) is 5.43 Å². The van der Waals surface area contributed by atoms with Crippen molar-refractivity contribution in [2.45, 2.75) is 0 Å². The first kappa shape index (κ1) is 14.0. The Morgan fingerprint density at radius 2 is 1.68 bits per heavy atom. The van der Waals surface area contributed by atoms with E-state index in [0.717, 1.165) is 0 Å². The molecule has 0 atom stereocenters. The van der Waals surface area contributed by atoms with Gasteiger partial charge in [0.1, 0.15) is 0 Å². The first-order valence-electron chi connectivity index (χ1n) is 6.47. The molecule has 2 heterocycles. The van der Waals surface area contributed by atoms with Gasteiger partial charge in [-0.25, -0.2) is 9.80 Å². The minimum atomic E-state index is -0.828. The lowest BCUT2D eigenvalue weighted by atomic mass is 10.3. The van der Waals surface area contributed by atoms with Crippen molar-refractivity contribution in [3.05, 3.63) is 0 Å². The molecule has 108 valence electrons. The van der Waals surface area contributed by atoms with E-state index in [0.29, 0.717) is 52.5 Å². The highest BCUT2D eigenvalue weighted by molar-refractivity contribution is 5.74. The summed E-state index contributed by atoms with van der Waals surface area (Å²) in [6.45, 7) is 5.02. The summed E-state index contributed by atoms with van der Waals surface area (Å²) in [7, 11) is 0. The molecule has 19 heavy (non-hydrogen) atoms. The molecule has 0 aliphatic carbocycles. The van der Waals surface area contributed by atoms with Gasteiger partial charge in [0.2, 0.25) is 0 Å². The van der Waals surface area contributed by atoms with Gasteiger partial charge < -0.3 is 14.7 Å². The number of carboxylic acids is 1. The van der Waals surface area contributed by atoms with E-state index in [9.17, 15) is 9.59 Å². The lowest BCUT2D eigenvalue weighted by Gasteiger charge is -2.36. The van der Waals surface area contributed by atoms with Gasteiger partial charge in [0.15, 0.2) is 0 Å². The predicted octanol–water partition coefficient (Wildman–Crippen LogP) is -1.35. The Labute approximate surface area is 111 Å². The molecule has 2 aliphatic heterocycles. The molecule has 2 rings (SSSR count). The number of amides is 2. The highest BCUT2D eigenvalue weighted by atomic mass is 16.5. The van der Waals surface area contributed by atoms with Gasteiger partial charge in [0, 0.05) is 39.3 Å². The van der Waals surface area contributed by atoms with Crippen molar-refractivity contribution in [2.75, 3.05) is 59.0 Å². The minimum absolute atomic E-state index is 0.0406. The van der Waals surface area contributed by atoms with Crippen LogP contribution in [0.25, 0.3) is 0 Å². The first-order chi connectivity index (χ1) is 9.15. The van der Waals surface area contributed by atoms with Crippen LogP contribution in [0.3, 0.4) is 0 Å². The Bertz CT molecular complexity index is 325. The molecule has 8 nitrogen and oxygen atoms in total. The molecule has 0 aromatic carbocycles. The van der Waals surface area contributed by atoms with E-state index in [1.807, 2.05) is 9.91 Å². The largest absolute Gasteiger partial charge is 0.480 e. The van der Waals surface area contributed by atoms with E-state index in [1.54, 1.807) is 4.90 Å². The van der Waals surface area contributed by atoms with E-state index < -0.39 is 5.97 Å². The quantitative estimate of drug-likeness (QED) is 0.660. The number of piperazine rings is 1. The average Bonchev–Trinajstić information content (AvgIpc) is 2.40. The number of urea groups is 1. The first-order valence-corrected chi connectivity index (χ1v) is 6.47. The molecule has 2 N–H and O–H groups in total. The number of aliphatic carboxylic acids is 1. The lowest BCUT2D eigenvalue weighted by molar-refractivity contribution is -0.138. The van der Waals surface area contributed by atoms with Crippen molar-refractivity contribution in [1.29, 1.82) is 0 Å². The smallest absolute Gasteiger partial charge is 0.332 e. The predicted molar refractivity (Wildman–Crippen MR) is 66.6 cm³/mol. The summed E-state index contributed by atoms with van der Waals surface area (Å²) in [5, 5.41) is 10.6. The zero-order chi connectivity index (χ0) is 13.7. The van der Waals surface area contributed by atoms with Crippen molar-refractivity contribution in [3.63, 3.8) is 0 Å². The number of morpholine rings is 1. The fraction of sp³-hybridized carbons (Fsp3) is 0.818. The Balaban J connectivity index is 1.71. The number of carboxylic acid groups (broad SMARTS) is 1. The average molecular weight is 272 g/mol. The van der Waals surface area contributed by atoms with Crippen LogP contribution in [0.2, 0.25) is 0 Å². The fourth-order valence-electron chi connectivity index (χ4n) is 2.18. The van der Waals surface area contributed by atoms with Crippen LogP contribution in [0.5, 0.6) is 0 Å². The topological polar surface area (TPSA) is 85.3 Å². The Hall–Kier alpha value is -1.38. The molecule has 0 bridgehead atoms. The summed E-state index contributed by atoms with van der Waals surface area (Å²) in [6.07, 6.45) is 0. The Morgan fingerprint density at radius 1 is 1.05 bits per heavy atom. The SMILES string of the molecule is O=C(O)CN1CCN(C(=O)NN2CCOCC2)CC1. The molecule has 2 amide bonds. The van der Waals surface area contributed by atoms with E-state index in [1.165, 1.54) is 0 Å². The van der Waals surface area contributed by atoms with Gasteiger partial charge in [-0.15, -0.1) is 0 Å². The number of nitrogens with one attached hydrogen (secondary N) is 1. The maximum atomic E-state index is 12.0. The number of hydrogen-bond donors (Lipinski definition) is 2. The molecule has 0 aromatic heterocycles. The molecule has 8 heteroatoms. The molecule has 2 aliphatic rings. The van der Waals surface area contributed by atoms with Gasteiger partial charge >= 0.3 is 12.0 Å².